The Hall–Kier alpha value is -2.28. The van der Waals surface area contributed by atoms with E-state index in [1.165, 1.54) is 0 Å². The summed E-state index contributed by atoms with van der Waals surface area (Å²) >= 11 is 0. The highest BCUT2D eigenvalue weighted by molar-refractivity contribution is 6.00. The Morgan fingerprint density at radius 3 is 2.44 bits per heavy atom. The molecule has 2 aliphatic heterocycles. The quantitative estimate of drug-likeness (QED) is 0.854. The Kier molecular flexibility index (Phi) is 5.13. The molecular weight excluding hydrogens is 322 g/mol. The van der Waals surface area contributed by atoms with Gasteiger partial charge in [-0.2, -0.15) is 0 Å². The zero-order valence-corrected chi connectivity index (χ0v) is 14.7. The van der Waals surface area contributed by atoms with Crippen molar-refractivity contribution in [3.63, 3.8) is 0 Å². The average Bonchev–Trinajstić information content (AvgIpc) is 3.27. The van der Waals surface area contributed by atoms with E-state index in [0.29, 0.717) is 42.7 Å². The first-order valence-electron chi connectivity index (χ1n) is 8.58. The SMILES string of the molecule is COc1cc(OC)cc(N2CC(C(=O)N3CCC(CN)C3)CC2=O)c1. The highest BCUT2D eigenvalue weighted by Crippen LogP contribution is 2.33. The summed E-state index contributed by atoms with van der Waals surface area (Å²) in [5, 5.41) is 0. The van der Waals surface area contributed by atoms with Crippen LogP contribution < -0.4 is 20.1 Å². The molecule has 3 rings (SSSR count). The van der Waals surface area contributed by atoms with Gasteiger partial charge in [-0.3, -0.25) is 9.59 Å². The Labute approximate surface area is 147 Å². The van der Waals surface area contributed by atoms with Crippen LogP contribution in [0, 0.1) is 11.8 Å². The molecule has 2 saturated heterocycles. The van der Waals surface area contributed by atoms with Gasteiger partial charge in [0.1, 0.15) is 11.5 Å². The molecule has 2 aliphatic rings. The van der Waals surface area contributed by atoms with Gasteiger partial charge >= 0.3 is 0 Å². The molecule has 0 saturated carbocycles. The zero-order valence-electron chi connectivity index (χ0n) is 14.7. The molecule has 1 aromatic rings. The molecule has 0 spiro atoms. The number of likely N-dealkylation sites (tertiary alicyclic amines) is 1. The van der Waals surface area contributed by atoms with Crippen LogP contribution >= 0.6 is 0 Å². The summed E-state index contributed by atoms with van der Waals surface area (Å²) < 4.78 is 10.5. The normalized spacial score (nSPS) is 23.2. The lowest BCUT2D eigenvalue weighted by molar-refractivity contribution is -0.134. The maximum absolute atomic E-state index is 12.7. The molecule has 25 heavy (non-hydrogen) atoms. The third kappa shape index (κ3) is 3.56. The second-order valence-electron chi connectivity index (χ2n) is 6.65. The van der Waals surface area contributed by atoms with Crippen molar-refractivity contribution >= 4 is 17.5 Å². The van der Waals surface area contributed by atoms with E-state index in [1.807, 2.05) is 4.90 Å². The largest absolute Gasteiger partial charge is 0.497 e. The second kappa shape index (κ2) is 7.31. The van der Waals surface area contributed by atoms with Crippen LogP contribution in [0.25, 0.3) is 0 Å². The van der Waals surface area contributed by atoms with Crippen molar-refractivity contribution < 1.29 is 19.1 Å². The van der Waals surface area contributed by atoms with Gasteiger partial charge in [0, 0.05) is 44.3 Å². The van der Waals surface area contributed by atoms with E-state index in [4.69, 9.17) is 15.2 Å². The minimum atomic E-state index is -0.304. The van der Waals surface area contributed by atoms with Crippen molar-refractivity contribution in [3.8, 4) is 11.5 Å². The number of carbonyl (C=O) groups excluding carboxylic acids is 2. The summed E-state index contributed by atoms with van der Waals surface area (Å²) in [7, 11) is 3.13. The Morgan fingerprint density at radius 1 is 1.20 bits per heavy atom. The minimum Gasteiger partial charge on any atom is -0.497 e. The fourth-order valence-corrected chi connectivity index (χ4v) is 3.55. The fraction of sp³-hybridized carbons (Fsp3) is 0.556. The van der Waals surface area contributed by atoms with Crippen molar-refractivity contribution in [1.82, 2.24) is 4.90 Å². The smallest absolute Gasteiger partial charge is 0.228 e. The van der Waals surface area contributed by atoms with Crippen molar-refractivity contribution in [2.75, 3.05) is 45.3 Å². The number of methoxy groups -OCH3 is 2. The number of ether oxygens (including phenoxy) is 2. The molecule has 0 aromatic heterocycles. The molecule has 2 N–H and O–H groups in total. The predicted octanol–water partition coefficient (Wildman–Crippen LogP) is 0.864. The van der Waals surface area contributed by atoms with Crippen LogP contribution in [0.15, 0.2) is 18.2 Å². The maximum Gasteiger partial charge on any atom is 0.228 e. The lowest BCUT2D eigenvalue weighted by atomic mass is 10.1. The average molecular weight is 347 g/mol. The summed E-state index contributed by atoms with van der Waals surface area (Å²) in [5.41, 5.74) is 6.39. The van der Waals surface area contributed by atoms with E-state index in [0.717, 1.165) is 13.0 Å². The summed E-state index contributed by atoms with van der Waals surface area (Å²) in [6.45, 7) is 2.42. The van der Waals surface area contributed by atoms with Crippen LogP contribution in [-0.2, 0) is 9.59 Å². The van der Waals surface area contributed by atoms with Gasteiger partial charge in [-0.15, -0.1) is 0 Å². The molecule has 0 aliphatic carbocycles. The first kappa shape index (κ1) is 17.5. The molecule has 1 aromatic carbocycles. The van der Waals surface area contributed by atoms with E-state index in [1.54, 1.807) is 37.3 Å². The van der Waals surface area contributed by atoms with Crippen molar-refractivity contribution in [1.29, 1.82) is 0 Å². The van der Waals surface area contributed by atoms with Gasteiger partial charge in [-0.1, -0.05) is 0 Å². The number of carbonyl (C=O) groups is 2. The number of rotatable bonds is 5. The van der Waals surface area contributed by atoms with Gasteiger partial charge in [0.25, 0.3) is 0 Å². The van der Waals surface area contributed by atoms with Gasteiger partial charge < -0.3 is 25.0 Å². The van der Waals surface area contributed by atoms with Crippen LogP contribution in [0.1, 0.15) is 12.8 Å². The van der Waals surface area contributed by atoms with Crippen LogP contribution in [-0.4, -0.2) is 57.1 Å². The monoisotopic (exact) mass is 347 g/mol. The molecule has 7 heteroatoms. The van der Waals surface area contributed by atoms with Crippen molar-refractivity contribution in [3.05, 3.63) is 18.2 Å². The number of anilines is 1. The molecular formula is C18H25N3O4. The molecule has 2 unspecified atom stereocenters. The van der Waals surface area contributed by atoms with Crippen LogP contribution in [0.4, 0.5) is 5.69 Å². The van der Waals surface area contributed by atoms with E-state index in [-0.39, 0.29) is 24.2 Å². The topological polar surface area (TPSA) is 85.1 Å². The Bertz CT molecular complexity index is 641. The molecule has 2 fully saturated rings. The first-order valence-corrected chi connectivity index (χ1v) is 8.58. The summed E-state index contributed by atoms with van der Waals surface area (Å²) in [5.74, 6) is 1.30. The van der Waals surface area contributed by atoms with E-state index < -0.39 is 0 Å². The summed E-state index contributed by atoms with van der Waals surface area (Å²) in [6, 6.07) is 5.32. The molecule has 0 bridgehead atoms. The third-order valence-electron chi connectivity index (χ3n) is 5.05. The molecule has 0 radical (unpaired) electrons. The molecule has 7 nitrogen and oxygen atoms in total. The summed E-state index contributed by atoms with van der Waals surface area (Å²) in [6.07, 6.45) is 1.18. The van der Waals surface area contributed by atoms with E-state index >= 15 is 0 Å². The number of nitrogens with zero attached hydrogens (tertiary/aromatic N) is 2. The number of nitrogens with two attached hydrogens (primary N) is 1. The van der Waals surface area contributed by atoms with Crippen LogP contribution in [0.3, 0.4) is 0 Å². The highest BCUT2D eigenvalue weighted by atomic mass is 16.5. The number of amides is 2. The van der Waals surface area contributed by atoms with Crippen LogP contribution in [0.2, 0.25) is 0 Å². The van der Waals surface area contributed by atoms with Crippen molar-refractivity contribution in [2.45, 2.75) is 12.8 Å². The fourth-order valence-electron chi connectivity index (χ4n) is 3.55. The van der Waals surface area contributed by atoms with Gasteiger partial charge in [0.05, 0.1) is 25.8 Å². The van der Waals surface area contributed by atoms with Crippen LogP contribution in [0.5, 0.6) is 11.5 Å². The molecule has 136 valence electrons. The van der Waals surface area contributed by atoms with Gasteiger partial charge in [-0.25, -0.2) is 0 Å². The van der Waals surface area contributed by atoms with Gasteiger partial charge in [0.15, 0.2) is 0 Å². The van der Waals surface area contributed by atoms with E-state index in [9.17, 15) is 9.59 Å². The molecule has 2 heterocycles. The maximum atomic E-state index is 12.7. The Balaban J connectivity index is 1.73. The molecule has 2 amide bonds. The van der Waals surface area contributed by atoms with Gasteiger partial charge in [0.2, 0.25) is 11.8 Å². The lowest BCUT2D eigenvalue weighted by Gasteiger charge is -2.21. The number of hydrogen-bond acceptors (Lipinski definition) is 5. The van der Waals surface area contributed by atoms with Gasteiger partial charge in [-0.05, 0) is 18.9 Å². The summed E-state index contributed by atoms with van der Waals surface area (Å²) in [4.78, 5) is 28.7. The highest BCUT2D eigenvalue weighted by Gasteiger charge is 2.39. The lowest BCUT2D eigenvalue weighted by Crippen LogP contribution is -2.36. The van der Waals surface area contributed by atoms with Crippen molar-refractivity contribution in [2.24, 2.45) is 17.6 Å². The number of hydrogen-bond donors (Lipinski definition) is 1. The Morgan fingerprint density at radius 2 is 1.88 bits per heavy atom. The molecule has 2 atom stereocenters. The van der Waals surface area contributed by atoms with E-state index in [2.05, 4.69) is 0 Å². The third-order valence-corrected chi connectivity index (χ3v) is 5.05. The number of benzene rings is 1. The first-order chi connectivity index (χ1) is 12.0. The second-order valence-corrected chi connectivity index (χ2v) is 6.65. The standard InChI is InChI=1S/C18H25N3O4/c1-24-15-6-14(7-16(8-15)25-2)21-11-13(5-17(21)22)18(23)20-4-3-12(9-19)10-20/h6-8,12-13H,3-5,9-11,19H2,1-2H3. The minimum absolute atomic E-state index is 0.0526. The zero-order chi connectivity index (χ0) is 18.0. The predicted molar refractivity (Wildman–Crippen MR) is 93.7 cm³/mol.